The second-order valence-electron chi connectivity index (χ2n) is 3.36. The van der Waals surface area contributed by atoms with Crippen LogP contribution in [0.5, 0.6) is 11.5 Å². The van der Waals surface area contributed by atoms with Gasteiger partial charge in [-0.1, -0.05) is 12.1 Å². The molecule has 0 saturated carbocycles. The fraction of sp³-hybridized carbons (Fsp3) is 0.154. The molecule has 0 aliphatic carbocycles. The molecule has 0 saturated heterocycles. The van der Waals surface area contributed by atoms with Crippen LogP contribution < -0.4 is 9.47 Å². The summed E-state index contributed by atoms with van der Waals surface area (Å²) in [6.45, 7) is 0. The van der Waals surface area contributed by atoms with Crippen LogP contribution in [0, 0.1) is 11.3 Å². The first-order valence-corrected chi connectivity index (χ1v) is 5.88. The van der Waals surface area contributed by atoms with Gasteiger partial charge in [0.15, 0.2) is 11.5 Å². The van der Waals surface area contributed by atoms with Crippen molar-refractivity contribution in [3.63, 3.8) is 0 Å². The first kappa shape index (κ1) is 11.5. The molecular weight excluding hydrogens is 234 g/mol. The maximum absolute atomic E-state index is 8.75. The molecule has 0 atom stereocenters. The van der Waals surface area contributed by atoms with E-state index >= 15 is 0 Å². The van der Waals surface area contributed by atoms with E-state index in [0.29, 0.717) is 5.56 Å². The molecule has 0 N–H and O–H groups in total. The van der Waals surface area contributed by atoms with E-state index in [1.165, 1.54) is 0 Å². The molecule has 0 bridgehead atoms. The van der Waals surface area contributed by atoms with Crippen molar-refractivity contribution in [2.75, 3.05) is 14.2 Å². The van der Waals surface area contributed by atoms with Gasteiger partial charge in [0, 0.05) is 5.38 Å². The molecule has 0 amide bonds. The van der Waals surface area contributed by atoms with E-state index in [0.717, 1.165) is 21.9 Å². The third-order valence-corrected chi connectivity index (χ3v) is 3.40. The van der Waals surface area contributed by atoms with Gasteiger partial charge in [0.05, 0.1) is 30.7 Å². The molecular formula is C13H11NO2S. The standard InChI is InChI=1S/C13H11NO2S/c1-15-11-8-17-13(12(11)16-2)10-5-3-9(7-14)4-6-10/h3-6,8H,1-2H3. The van der Waals surface area contributed by atoms with Crippen LogP contribution in [-0.4, -0.2) is 14.2 Å². The minimum atomic E-state index is 0.649. The second kappa shape index (κ2) is 4.89. The quantitative estimate of drug-likeness (QED) is 0.833. The summed E-state index contributed by atoms with van der Waals surface area (Å²) in [5.41, 5.74) is 1.67. The molecule has 2 aromatic rings. The Labute approximate surface area is 104 Å². The summed E-state index contributed by atoms with van der Waals surface area (Å²) in [5.74, 6) is 1.47. The number of benzene rings is 1. The summed E-state index contributed by atoms with van der Waals surface area (Å²) in [5, 5.41) is 10.7. The van der Waals surface area contributed by atoms with Crippen LogP contribution in [0.3, 0.4) is 0 Å². The molecule has 4 heteroatoms. The van der Waals surface area contributed by atoms with Gasteiger partial charge in [0.25, 0.3) is 0 Å². The predicted octanol–water partition coefficient (Wildman–Crippen LogP) is 3.30. The van der Waals surface area contributed by atoms with Gasteiger partial charge >= 0.3 is 0 Å². The van der Waals surface area contributed by atoms with Crippen molar-refractivity contribution in [1.29, 1.82) is 5.26 Å². The average Bonchev–Trinajstić information content (AvgIpc) is 2.81. The number of hydrogen-bond acceptors (Lipinski definition) is 4. The van der Waals surface area contributed by atoms with Gasteiger partial charge in [0.1, 0.15) is 0 Å². The zero-order valence-electron chi connectivity index (χ0n) is 9.56. The minimum Gasteiger partial charge on any atom is -0.492 e. The second-order valence-corrected chi connectivity index (χ2v) is 4.24. The Morgan fingerprint density at radius 1 is 1.12 bits per heavy atom. The number of thiophene rings is 1. The Hall–Kier alpha value is -1.99. The normalized spacial score (nSPS) is 9.71. The lowest BCUT2D eigenvalue weighted by Crippen LogP contribution is -1.87. The van der Waals surface area contributed by atoms with E-state index in [1.807, 2.05) is 17.5 Å². The highest BCUT2D eigenvalue weighted by Gasteiger charge is 2.14. The van der Waals surface area contributed by atoms with E-state index in [2.05, 4.69) is 6.07 Å². The molecule has 1 aromatic heterocycles. The molecule has 86 valence electrons. The fourth-order valence-corrected chi connectivity index (χ4v) is 2.55. The predicted molar refractivity (Wildman–Crippen MR) is 67.6 cm³/mol. The highest BCUT2D eigenvalue weighted by atomic mass is 32.1. The maximum Gasteiger partial charge on any atom is 0.179 e. The zero-order valence-corrected chi connectivity index (χ0v) is 10.4. The molecule has 0 fully saturated rings. The van der Waals surface area contributed by atoms with Gasteiger partial charge in [-0.15, -0.1) is 11.3 Å². The Balaban J connectivity index is 2.45. The van der Waals surface area contributed by atoms with Crippen molar-refractivity contribution in [3.8, 4) is 28.0 Å². The van der Waals surface area contributed by atoms with Crippen molar-refractivity contribution < 1.29 is 9.47 Å². The van der Waals surface area contributed by atoms with Crippen molar-refractivity contribution in [1.82, 2.24) is 0 Å². The molecule has 1 aromatic carbocycles. The molecule has 3 nitrogen and oxygen atoms in total. The Morgan fingerprint density at radius 2 is 1.82 bits per heavy atom. The van der Waals surface area contributed by atoms with E-state index in [9.17, 15) is 0 Å². The largest absolute Gasteiger partial charge is 0.492 e. The summed E-state index contributed by atoms with van der Waals surface area (Å²) in [6.07, 6.45) is 0. The number of rotatable bonds is 3. The fourth-order valence-electron chi connectivity index (χ4n) is 1.56. The van der Waals surface area contributed by atoms with Gasteiger partial charge in [-0.3, -0.25) is 0 Å². The van der Waals surface area contributed by atoms with Gasteiger partial charge in [-0.05, 0) is 17.7 Å². The smallest absolute Gasteiger partial charge is 0.179 e. The molecule has 0 aliphatic heterocycles. The van der Waals surface area contributed by atoms with Crippen LogP contribution in [0.25, 0.3) is 10.4 Å². The summed E-state index contributed by atoms with van der Waals surface area (Å²) < 4.78 is 10.6. The molecule has 17 heavy (non-hydrogen) atoms. The van der Waals surface area contributed by atoms with Crippen LogP contribution in [0.2, 0.25) is 0 Å². The van der Waals surface area contributed by atoms with Gasteiger partial charge in [-0.25, -0.2) is 0 Å². The minimum absolute atomic E-state index is 0.649. The van der Waals surface area contributed by atoms with E-state index < -0.39 is 0 Å². The first-order valence-electron chi connectivity index (χ1n) is 5.00. The van der Waals surface area contributed by atoms with Crippen molar-refractivity contribution >= 4 is 11.3 Å². The third-order valence-electron chi connectivity index (χ3n) is 2.41. The Kier molecular flexibility index (Phi) is 3.31. The summed E-state index contributed by atoms with van der Waals surface area (Å²) in [7, 11) is 3.24. The lowest BCUT2D eigenvalue weighted by Gasteiger charge is -2.05. The number of nitriles is 1. The number of hydrogen-bond donors (Lipinski definition) is 0. The average molecular weight is 245 g/mol. The Bertz CT molecular complexity index is 552. The monoisotopic (exact) mass is 245 g/mol. The van der Waals surface area contributed by atoms with Crippen LogP contribution in [0.15, 0.2) is 29.6 Å². The number of methoxy groups -OCH3 is 2. The maximum atomic E-state index is 8.75. The lowest BCUT2D eigenvalue weighted by atomic mass is 10.1. The summed E-state index contributed by atoms with van der Waals surface area (Å²) in [6, 6.07) is 9.50. The van der Waals surface area contributed by atoms with Crippen LogP contribution in [0.1, 0.15) is 5.56 Å². The van der Waals surface area contributed by atoms with Crippen LogP contribution in [-0.2, 0) is 0 Å². The van der Waals surface area contributed by atoms with Crippen molar-refractivity contribution in [3.05, 3.63) is 35.2 Å². The van der Waals surface area contributed by atoms with E-state index in [1.54, 1.807) is 37.7 Å². The SMILES string of the molecule is COc1csc(-c2ccc(C#N)cc2)c1OC. The van der Waals surface area contributed by atoms with Crippen LogP contribution in [0.4, 0.5) is 0 Å². The number of nitrogens with zero attached hydrogens (tertiary/aromatic N) is 1. The van der Waals surface area contributed by atoms with Crippen molar-refractivity contribution in [2.45, 2.75) is 0 Å². The van der Waals surface area contributed by atoms with E-state index in [4.69, 9.17) is 14.7 Å². The molecule has 0 radical (unpaired) electrons. The molecule has 0 aliphatic rings. The van der Waals surface area contributed by atoms with Gasteiger partial charge < -0.3 is 9.47 Å². The molecule has 1 heterocycles. The third kappa shape index (κ3) is 2.10. The first-order chi connectivity index (χ1) is 8.30. The molecule has 0 unspecified atom stereocenters. The van der Waals surface area contributed by atoms with Crippen molar-refractivity contribution in [2.24, 2.45) is 0 Å². The highest BCUT2D eigenvalue weighted by molar-refractivity contribution is 7.14. The number of ether oxygens (including phenoxy) is 2. The summed E-state index contributed by atoms with van der Waals surface area (Å²) >= 11 is 1.56. The topological polar surface area (TPSA) is 42.2 Å². The molecule has 2 rings (SSSR count). The van der Waals surface area contributed by atoms with Crippen LogP contribution >= 0.6 is 11.3 Å². The van der Waals surface area contributed by atoms with E-state index in [-0.39, 0.29) is 0 Å². The Morgan fingerprint density at radius 3 is 2.35 bits per heavy atom. The van der Waals surface area contributed by atoms with Gasteiger partial charge in [-0.2, -0.15) is 5.26 Å². The molecule has 0 spiro atoms. The summed E-state index contributed by atoms with van der Waals surface area (Å²) in [4.78, 5) is 1.01. The lowest BCUT2D eigenvalue weighted by molar-refractivity contribution is 0.359. The van der Waals surface area contributed by atoms with Gasteiger partial charge in [0.2, 0.25) is 0 Å². The zero-order chi connectivity index (χ0) is 12.3. The highest BCUT2D eigenvalue weighted by Crippen LogP contribution is 2.43.